The van der Waals surface area contributed by atoms with E-state index < -0.39 is 0 Å². The normalized spacial score (nSPS) is 21.7. The van der Waals surface area contributed by atoms with E-state index in [1.54, 1.807) is 0 Å². The molecule has 1 saturated heterocycles. The van der Waals surface area contributed by atoms with Crippen molar-refractivity contribution >= 4 is 17.4 Å². The summed E-state index contributed by atoms with van der Waals surface area (Å²) in [5.41, 5.74) is 1.15. The molecule has 1 aliphatic heterocycles. The molecule has 2 heterocycles. The maximum absolute atomic E-state index is 5.92. The summed E-state index contributed by atoms with van der Waals surface area (Å²) in [5.74, 6) is 2.40. The zero-order valence-electron chi connectivity index (χ0n) is 9.12. The van der Waals surface area contributed by atoms with Crippen LogP contribution in [-0.4, -0.2) is 18.1 Å². The second-order valence-electron chi connectivity index (χ2n) is 4.31. The Morgan fingerprint density at radius 1 is 1.60 bits per heavy atom. The van der Waals surface area contributed by atoms with Crippen LogP contribution in [-0.2, 0) is 5.88 Å². The number of halogens is 1. The standard InChI is InChI=1S/C12H17ClN2/c1-10-4-3-7-15(9-10)12-11(8-13)5-2-6-14-12/h2,5-6,10H,3-4,7-9H2,1H3. The molecule has 1 unspecified atom stereocenters. The highest BCUT2D eigenvalue weighted by molar-refractivity contribution is 6.17. The van der Waals surface area contributed by atoms with Crippen molar-refractivity contribution in [3.63, 3.8) is 0 Å². The Hall–Kier alpha value is -0.760. The molecule has 15 heavy (non-hydrogen) atoms. The van der Waals surface area contributed by atoms with Gasteiger partial charge in [-0.3, -0.25) is 0 Å². The predicted octanol–water partition coefficient (Wildman–Crippen LogP) is 3.06. The molecule has 1 aromatic rings. The molecule has 2 nitrogen and oxygen atoms in total. The van der Waals surface area contributed by atoms with Crippen molar-refractivity contribution in [1.82, 2.24) is 4.98 Å². The van der Waals surface area contributed by atoms with E-state index in [2.05, 4.69) is 22.9 Å². The maximum atomic E-state index is 5.92. The van der Waals surface area contributed by atoms with Crippen LogP contribution in [0, 0.1) is 5.92 Å². The molecule has 1 atom stereocenters. The van der Waals surface area contributed by atoms with E-state index in [1.165, 1.54) is 12.8 Å². The number of alkyl halides is 1. The molecular formula is C12H17ClN2. The van der Waals surface area contributed by atoms with Crippen LogP contribution in [0.25, 0.3) is 0 Å². The Balaban J connectivity index is 2.20. The number of pyridine rings is 1. The Kier molecular flexibility index (Phi) is 3.47. The second-order valence-corrected chi connectivity index (χ2v) is 4.58. The molecule has 0 N–H and O–H groups in total. The van der Waals surface area contributed by atoms with E-state index in [-0.39, 0.29) is 0 Å². The van der Waals surface area contributed by atoms with Gasteiger partial charge in [0.15, 0.2) is 0 Å². The molecule has 1 aliphatic rings. The number of hydrogen-bond acceptors (Lipinski definition) is 2. The van der Waals surface area contributed by atoms with E-state index in [0.29, 0.717) is 5.88 Å². The molecular weight excluding hydrogens is 208 g/mol. The molecule has 0 aliphatic carbocycles. The summed E-state index contributed by atoms with van der Waals surface area (Å²) in [7, 11) is 0. The van der Waals surface area contributed by atoms with Crippen molar-refractivity contribution in [3.8, 4) is 0 Å². The number of nitrogens with zero attached hydrogens (tertiary/aromatic N) is 2. The summed E-state index contributed by atoms with van der Waals surface area (Å²) in [5, 5.41) is 0. The largest absolute Gasteiger partial charge is 0.356 e. The molecule has 0 saturated carbocycles. The van der Waals surface area contributed by atoms with E-state index in [9.17, 15) is 0 Å². The van der Waals surface area contributed by atoms with Gasteiger partial charge in [0, 0.05) is 24.8 Å². The molecule has 1 aromatic heterocycles. The van der Waals surface area contributed by atoms with Gasteiger partial charge in [0.05, 0.1) is 5.88 Å². The number of rotatable bonds is 2. The quantitative estimate of drug-likeness (QED) is 0.718. The van der Waals surface area contributed by atoms with Gasteiger partial charge in [0.1, 0.15) is 5.82 Å². The lowest BCUT2D eigenvalue weighted by Crippen LogP contribution is -2.35. The van der Waals surface area contributed by atoms with Crippen molar-refractivity contribution in [2.75, 3.05) is 18.0 Å². The van der Waals surface area contributed by atoms with Crippen LogP contribution in [0.4, 0.5) is 5.82 Å². The Bertz CT molecular complexity index is 327. The molecule has 0 amide bonds. The summed E-state index contributed by atoms with van der Waals surface area (Å²) < 4.78 is 0. The minimum Gasteiger partial charge on any atom is -0.356 e. The summed E-state index contributed by atoms with van der Waals surface area (Å²) in [4.78, 5) is 6.82. The van der Waals surface area contributed by atoms with Crippen LogP contribution < -0.4 is 4.90 Å². The maximum Gasteiger partial charge on any atom is 0.132 e. The van der Waals surface area contributed by atoms with Gasteiger partial charge in [-0.25, -0.2) is 4.98 Å². The van der Waals surface area contributed by atoms with Gasteiger partial charge in [0.25, 0.3) is 0 Å². The first-order valence-electron chi connectivity index (χ1n) is 5.56. The molecule has 2 rings (SSSR count). The van der Waals surface area contributed by atoms with Gasteiger partial charge in [-0.05, 0) is 24.8 Å². The van der Waals surface area contributed by atoms with Gasteiger partial charge < -0.3 is 4.90 Å². The summed E-state index contributed by atoms with van der Waals surface area (Å²) in [6, 6.07) is 4.02. The first-order valence-corrected chi connectivity index (χ1v) is 6.09. The topological polar surface area (TPSA) is 16.1 Å². The molecule has 3 heteroatoms. The van der Waals surface area contributed by atoms with E-state index >= 15 is 0 Å². The molecule has 1 fully saturated rings. The number of hydrogen-bond donors (Lipinski definition) is 0. The first-order chi connectivity index (χ1) is 7.31. The van der Waals surface area contributed by atoms with Gasteiger partial charge in [-0.2, -0.15) is 0 Å². The van der Waals surface area contributed by atoms with Crippen LogP contribution in [0.5, 0.6) is 0 Å². The van der Waals surface area contributed by atoms with E-state index in [4.69, 9.17) is 11.6 Å². The van der Waals surface area contributed by atoms with Crippen molar-refractivity contribution < 1.29 is 0 Å². The lowest BCUT2D eigenvalue weighted by atomic mass is 10.00. The molecule has 0 spiro atoms. The Morgan fingerprint density at radius 2 is 2.47 bits per heavy atom. The third-order valence-electron chi connectivity index (χ3n) is 2.97. The van der Waals surface area contributed by atoms with Crippen LogP contribution >= 0.6 is 11.6 Å². The Labute approximate surface area is 96.3 Å². The summed E-state index contributed by atoms with van der Waals surface area (Å²) in [6.07, 6.45) is 4.45. The van der Waals surface area contributed by atoms with Gasteiger partial charge in [-0.15, -0.1) is 11.6 Å². The average molecular weight is 225 g/mol. The summed E-state index contributed by atoms with van der Waals surface area (Å²) >= 11 is 5.92. The van der Waals surface area contributed by atoms with Crippen LogP contribution in [0.3, 0.4) is 0 Å². The zero-order chi connectivity index (χ0) is 10.7. The minimum absolute atomic E-state index is 0.550. The molecule has 0 aromatic carbocycles. The number of aromatic nitrogens is 1. The van der Waals surface area contributed by atoms with Gasteiger partial charge >= 0.3 is 0 Å². The lowest BCUT2D eigenvalue weighted by molar-refractivity contribution is 0.444. The Morgan fingerprint density at radius 3 is 3.20 bits per heavy atom. The molecule has 0 bridgehead atoms. The number of anilines is 1. The van der Waals surface area contributed by atoms with Gasteiger partial charge in [0.2, 0.25) is 0 Å². The third kappa shape index (κ3) is 2.43. The van der Waals surface area contributed by atoms with Crippen LogP contribution in [0.1, 0.15) is 25.3 Å². The number of piperidine rings is 1. The fraction of sp³-hybridized carbons (Fsp3) is 0.583. The van der Waals surface area contributed by atoms with E-state index in [0.717, 1.165) is 30.4 Å². The highest BCUT2D eigenvalue weighted by Crippen LogP contribution is 2.24. The second kappa shape index (κ2) is 4.84. The van der Waals surface area contributed by atoms with Crippen molar-refractivity contribution in [1.29, 1.82) is 0 Å². The molecule has 82 valence electrons. The predicted molar refractivity (Wildman–Crippen MR) is 64.4 cm³/mol. The average Bonchev–Trinajstić information content (AvgIpc) is 2.29. The van der Waals surface area contributed by atoms with Crippen molar-refractivity contribution in [3.05, 3.63) is 23.9 Å². The van der Waals surface area contributed by atoms with Gasteiger partial charge in [-0.1, -0.05) is 13.0 Å². The third-order valence-corrected chi connectivity index (χ3v) is 3.26. The first kappa shape index (κ1) is 10.7. The fourth-order valence-corrected chi connectivity index (χ4v) is 2.41. The highest BCUT2D eigenvalue weighted by atomic mass is 35.5. The van der Waals surface area contributed by atoms with Crippen molar-refractivity contribution in [2.45, 2.75) is 25.6 Å². The van der Waals surface area contributed by atoms with E-state index in [1.807, 2.05) is 12.3 Å². The monoisotopic (exact) mass is 224 g/mol. The smallest absolute Gasteiger partial charge is 0.132 e. The highest BCUT2D eigenvalue weighted by Gasteiger charge is 2.19. The molecule has 0 radical (unpaired) electrons. The van der Waals surface area contributed by atoms with Crippen LogP contribution in [0.2, 0.25) is 0 Å². The zero-order valence-corrected chi connectivity index (χ0v) is 9.87. The SMILES string of the molecule is CC1CCCN(c2ncccc2CCl)C1. The van der Waals surface area contributed by atoms with Crippen molar-refractivity contribution in [2.24, 2.45) is 5.92 Å². The lowest BCUT2D eigenvalue weighted by Gasteiger charge is -2.32. The van der Waals surface area contributed by atoms with Crippen LogP contribution in [0.15, 0.2) is 18.3 Å². The fourth-order valence-electron chi connectivity index (χ4n) is 2.20. The minimum atomic E-state index is 0.550. The summed E-state index contributed by atoms with van der Waals surface area (Å²) in [6.45, 7) is 4.53.